The van der Waals surface area contributed by atoms with E-state index in [-0.39, 0.29) is 5.82 Å². The molecule has 0 spiro atoms. The highest BCUT2D eigenvalue weighted by Gasteiger charge is 2.22. The van der Waals surface area contributed by atoms with E-state index in [0.717, 1.165) is 71.1 Å². The number of anilines is 3. The molecule has 0 bridgehead atoms. The van der Waals surface area contributed by atoms with Crippen molar-refractivity contribution in [3.63, 3.8) is 0 Å². The molecule has 0 unspecified atom stereocenters. The van der Waals surface area contributed by atoms with Gasteiger partial charge in [-0.1, -0.05) is 48.3 Å². The maximum atomic E-state index is 13.5. The molecule has 0 aliphatic heterocycles. The number of hydrogen-bond donors (Lipinski definition) is 3. The Hall–Kier alpha value is -3.42. The highest BCUT2D eigenvalue weighted by atomic mass is 35.5. The Morgan fingerprint density at radius 3 is 2.21 bits per heavy atom. The topological polar surface area (TPSA) is 74.8 Å². The lowest BCUT2D eigenvalue weighted by Crippen LogP contribution is -2.32. The third-order valence-electron chi connectivity index (χ3n) is 6.98. The number of nitrogens with one attached hydrogen (secondary N) is 3. The Morgan fingerprint density at radius 2 is 1.51 bits per heavy atom. The minimum Gasteiger partial charge on any atom is -0.367 e. The summed E-state index contributed by atoms with van der Waals surface area (Å²) < 4.78 is 13.5. The maximum absolute atomic E-state index is 13.5. The van der Waals surface area contributed by atoms with E-state index in [1.54, 1.807) is 12.3 Å². The van der Waals surface area contributed by atoms with Crippen LogP contribution >= 0.6 is 23.2 Å². The molecule has 0 saturated heterocycles. The molecule has 1 saturated carbocycles. The largest absolute Gasteiger partial charge is 0.367 e. The molecule has 5 rings (SSSR count). The van der Waals surface area contributed by atoms with E-state index in [1.807, 2.05) is 42.6 Å². The number of halogens is 3. The summed E-state index contributed by atoms with van der Waals surface area (Å²) >= 11 is 12.9. The summed E-state index contributed by atoms with van der Waals surface area (Å²) in [5, 5.41) is 11.7. The van der Waals surface area contributed by atoms with Crippen LogP contribution in [0.4, 0.5) is 21.8 Å². The second-order valence-corrected chi connectivity index (χ2v) is 10.6. The van der Waals surface area contributed by atoms with Crippen LogP contribution in [-0.4, -0.2) is 27.0 Å². The molecule has 9 heteroatoms. The number of rotatable bonds is 9. The first kappa shape index (κ1) is 27.2. The van der Waals surface area contributed by atoms with Crippen molar-refractivity contribution >= 4 is 40.7 Å². The van der Waals surface area contributed by atoms with Gasteiger partial charge in [-0.15, -0.1) is 0 Å². The first-order chi connectivity index (χ1) is 19.0. The van der Waals surface area contributed by atoms with Gasteiger partial charge in [0.2, 0.25) is 0 Å². The third-order valence-corrected chi connectivity index (χ3v) is 7.64. The zero-order chi connectivity index (χ0) is 27.2. The van der Waals surface area contributed by atoms with Crippen LogP contribution in [0.25, 0.3) is 11.3 Å². The summed E-state index contributed by atoms with van der Waals surface area (Å²) in [4.78, 5) is 13.8. The average molecular weight is 566 g/mol. The average Bonchev–Trinajstić information content (AvgIpc) is 2.94. The van der Waals surface area contributed by atoms with Gasteiger partial charge >= 0.3 is 0 Å². The summed E-state index contributed by atoms with van der Waals surface area (Å²) in [5.41, 5.74) is 3.45. The molecule has 1 aromatic carbocycles. The third kappa shape index (κ3) is 7.16. The highest BCUT2D eigenvalue weighted by Crippen LogP contribution is 2.31. The molecule has 0 amide bonds. The lowest BCUT2D eigenvalue weighted by Gasteiger charge is -2.30. The summed E-state index contributed by atoms with van der Waals surface area (Å²) in [6.45, 7) is 2.54. The van der Waals surface area contributed by atoms with Crippen LogP contribution in [0.1, 0.15) is 43.7 Å². The van der Waals surface area contributed by atoms with E-state index < -0.39 is 0 Å². The number of hydrogen-bond acceptors (Lipinski definition) is 6. The van der Waals surface area contributed by atoms with Crippen LogP contribution < -0.4 is 16.0 Å². The number of pyridine rings is 3. The number of aryl methyl sites for hydroxylation is 1. The van der Waals surface area contributed by atoms with E-state index in [0.29, 0.717) is 29.5 Å². The summed E-state index contributed by atoms with van der Waals surface area (Å²) in [5.74, 6) is 2.03. The second-order valence-electron chi connectivity index (χ2n) is 9.79. The van der Waals surface area contributed by atoms with Crippen LogP contribution in [0.3, 0.4) is 0 Å². The van der Waals surface area contributed by atoms with E-state index in [1.165, 1.54) is 12.1 Å². The Kier molecular flexibility index (Phi) is 8.79. The fourth-order valence-electron chi connectivity index (χ4n) is 4.84. The zero-order valence-corrected chi connectivity index (χ0v) is 23.2. The summed E-state index contributed by atoms with van der Waals surface area (Å²) in [7, 11) is 0. The lowest BCUT2D eigenvalue weighted by atomic mass is 9.91. The van der Waals surface area contributed by atoms with E-state index in [4.69, 9.17) is 28.2 Å². The van der Waals surface area contributed by atoms with Crippen LogP contribution in [-0.2, 0) is 13.0 Å². The summed E-state index contributed by atoms with van der Waals surface area (Å²) in [6, 6.07) is 16.8. The van der Waals surface area contributed by atoms with Crippen molar-refractivity contribution in [2.45, 2.75) is 57.7 Å². The number of nitrogens with zero attached hydrogens (tertiary/aromatic N) is 3. The van der Waals surface area contributed by atoms with E-state index in [2.05, 4.69) is 32.8 Å². The van der Waals surface area contributed by atoms with Crippen molar-refractivity contribution < 1.29 is 4.39 Å². The highest BCUT2D eigenvalue weighted by molar-refractivity contribution is 6.33. The second kappa shape index (κ2) is 12.6. The molecule has 202 valence electrons. The van der Waals surface area contributed by atoms with Gasteiger partial charge in [0.25, 0.3) is 0 Å². The lowest BCUT2D eigenvalue weighted by molar-refractivity contribution is 0.427. The number of benzene rings is 1. The van der Waals surface area contributed by atoms with Crippen molar-refractivity contribution in [1.82, 2.24) is 15.0 Å². The molecule has 4 aromatic rings. The Bertz CT molecular complexity index is 1420. The molecule has 1 fully saturated rings. The van der Waals surface area contributed by atoms with E-state index in [9.17, 15) is 4.39 Å². The number of aromatic nitrogens is 3. The molecule has 3 N–H and O–H groups in total. The van der Waals surface area contributed by atoms with Crippen molar-refractivity contribution in [2.24, 2.45) is 0 Å². The predicted molar refractivity (Wildman–Crippen MR) is 158 cm³/mol. The summed E-state index contributed by atoms with van der Waals surface area (Å²) in [6.07, 6.45) is 8.45. The van der Waals surface area contributed by atoms with Gasteiger partial charge in [-0.3, -0.25) is 0 Å². The van der Waals surface area contributed by atoms with Crippen LogP contribution in [0.5, 0.6) is 0 Å². The van der Waals surface area contributed by atoms with Gasteiger partial charge in [0.05, 0.1) is 10.7 Å². The molecule has 0 radical (unpaired) electrons. The van der Waals surface area contributed by atoms with Gasteiger partial charge in [0.15, 0.2) is 0 Å². The van der Waals surface area contributed by atoms with Gasteiger partial charge in [0.1, 0.15) is 23.3 Å². The van der Waals surface area contributed by atoms with Crippen LogP contribution in [0.2, 0.25) is 10.0 Å². The fourth-order valence-corrected chi connectivity index (χ4v) is 5.32. The molecular weight excluding hydrogens is 534 g/mol. The van der Waals surface area contributed by atoms with Gasteiger partial charge in [-0.2, -0.15) is 0 Å². The molecule has 3 heterocycles. The normalized spacial score (nSPS) is 17.0. The first-order valence-electron chi connectivity index (χ1n) is 13.3. The minimum absolute atomic E-state index is 0.256. The van der Waals surface area contributed by atoms with Crippen molar-refractivity contribution in [3.05, 3.63) is 94.0 Å². The SMILES string of the molecule is CCc1cnc(NC2CCC(Nc3cc(-c4cccc(NCc5cccc(F)c5)n4)c(Cl)cn3)CC2)cc1Cl. The minimum atomic E-state index is -0.256. The van der Waals surface area contributed by atoms with Gasteiger partial charge in [-0.05, 0) is 79.6 Å². The quantitative estimate of drug-likeness (QED) is 0.191. The van der Waals surface area contributed by atoms with E-state index >= 15 is 0 Å². The maximum Gasteiger partial charge on any atom is 0.127 e. The Balaban J connectivity index is 1.19. The predicted octanol–water partition coefficient (Wildman–Crippen LogP) is 7.99. The molecule has 1 aliphatic rings. The van der Waals surface area contributed by atoms with Crippen molar-refractivity contribution in [1.29, 1.82) is 0 Å². The van der Waals surface area contributed by atoms with Gasteiger partial charge in [0, 0.05) is 41.6 Å². The molecule has 1 aliphatic carbocycles. The Morgan fingerprint density at radius 1 is 0.821 bits per heavy atom. The zero-order valence-electron chi connectivity index (χ0n) is 21.7. The molecule has 3 aromatic heterocycles. The molecule has 0 atom stereocenters. The standard InChI is InChI=1S/C30H31Cl2FN6/c1-2-20-17-35-30(15-25(20)31)38-23-11-9-22(10-12-23)37-29-14-24(26(32)18-36-29)27-7-4-8-28(39-27)34-16-19-5-3-6-21(33)13-19/h3-8,13-15,17-18,22-23H,2,9-12,16H2,1H3,(H,34,39)(H,35,38)(H,36,37). The van der Waals surface area contributed by atoms with Crippen LogP contribution in [0, 0.1) is 5.82 Å². The molecule has 6 nitrogen and oxygen atoms in total. The molecule has 39 heavy (non-hydrogen) atoms. The molecular formula is C30H31Cl2FN6. The smallest absolute Gasteiger partial charge is 0.127 e. The first-order valence-corrected chi connectivity index (χ1v) is 14.0. The van der Waals surface area contributed by atoms with Crippen LogP contribution in [0.15, 0.2) is 67.0 Å². The van der Waals surface area contributed by atoms with Crippen molar-refractivity contribution in [2.75, 3.05) is 16.0 Å². The van der Waals surface area contributed by atoms with Gasteiger partial charge < -0.3 is 16.0 Å². The van der Waals surface area contributed by atoms with Gasteiger partial charge in [-0.25, -0.2) is 19.3 Å². The Labute approximate surface area is 238 Å². The van der Waals surface area contributed by atoms with Crippen molar-refractivity contribution in [3.8, 4) is 11.3 Å². The monoisotopic (exact) mass is 564 g/mol. The fraction of sp³-hybridized carbons (Fsp3) is 0.300.